The molecule has 0 aromatic rings. The molecule has 2 bridgehead atoms. The maximum atomic E-state index is 11.3. The molecule has 3 atom stereocenters. The Kier molecular flexibility index (Phi) is 3.45. The van der Waals surface area contributed by atoms with E-state index in [2.05, 4.69) is 19.1 Å². The van der Waals surface area contributed by atoms with Crippen LogP contribution in [0, 0.1) is 17.8 Å². The van der Waals surface area contributed by atoms with Gasteiger partial charge in [-0.25, -0.2) is 0 Å². The van der Waals surface area contributed by atoms with Crippen molar-refractivity contribution in [2.24, 2.45) is 17.8 Å². The number of rotatable bonds is 5. The normalized spacial score (nSPS) is 32.2. The van der Waals surface area contributed by atoms with Crippen LogP contribution in [-0.2, 0) is 9.53 Å². The fraction of sp³-hybridized carbons (Fsp3) is 0.769. The highest BCUT2D eigenvalue weighted by Crippen LogP contribution is 2.43. The third-order valence-corrected chi connectivity index (χ3v) is 3.61. The number of ether oxygens (including phenoxy) is 1. The molecule has 0 radical (unpaired) electrons. The zero-order valence-corrected chi connectivity index (χ0v) is 9.45. The first-order chi connectivity index (χ1) is 7.29. The van der Waals surface area contributed by atoms with Crippen LogP contribution >= 0.6 is 0 Å². The van der Waals surface area contributed by atoms with Crippen molar-refractivity contribution in [1.29, 1.82) is 0 Å². The summed E-state index contributed by atoms with van der Waals surface area (Å²) in [4.78, 5) is 11.3. The van der Waals surface area contributed by atoms with Gasteiger partial charge in [0.15, 0.2) is 0 Å². The second kappa shape index (κ2) is 4.82. The monoisotopic (exact) mass is 208 g/mol. The Labute approximate surface area is 91.7 Å². The molecule has 2 nitrogen and oxygen atoms in total. The summed E-state index contributed by atoms with van der Waals surface area (Å²) in [5.74, 6) is 2.05. The van der Waals surface area contributed by atoms with Crippen LogP contribution in [0.3, 0.4) is 0 Å². The molecule has 2 aliphatic carbocycles. The van der Waals surface area contributed by atoms with Gasteiger partial charge in [0.25, 0.3) is 0 Å². The van der Waals surface area contributed by atoms with E-state index in [1.54, 1.807) is 0 Å². The van der Waals surface area contributed by atoms with E-state index in [0.717, 1.165) is 18.8 Å². The Morgan fingerprint density at radius 3 is 2.87 bits per heavy atom. The van der Waals surface area contributed by atoms with Crippen LogP contribution in [0.25, 0.3) is 0 Å². The predicted octanol–water partition coefficient (Wildman–Crippen LogP) is 2.93. The lowest BCUT2D eigenvalue weighted by Gasteiger charge is -2.17. The highest BCUT2D eigenvalue weighted by Gasteiger charge is 2.36. The van der Waals surface area contributed by atoms with E-state index in [-0.39, 0.29) is 5.97 Å². The van der Waals surface area contributed by atoms with E-state index in [1.165, 1.54) is 12.8 Å². The van der Waals surface area contributed by atoms with Crippen molar-refractivity contribution in [2.75, 3.05) is 6.61 Å². The van der Waals surface area contributed by atoms with E-state index < -0.39 is 0 Å². The van der Waals surface area contributed by atoms with Gasteiger partial charge in [0.05, 0.1) is 6.61 Å². The molecule has 2 rings (SSSR count). The minimum Gasteiger partial charge on any atom is -0.465 e. The van der Waals surface area contributed by atoms with Gasteiger partial charge in [-0.05, 0) is 37.0 Å². The number of hydrogen-bond acceptors (Lipinski definition) is 2. The Morgan fingerprint density at radius 2 is 2.27 bits per heavy atom. The first kappa shape index (κ1) is 10.7. The zero-order valence-electron chi connectivity index (χ0n) is 9.45. The van der Waals surface area contributed by atoms with E-state index in [9.17, 15) is 4.79 Å². The van der Waals surface area contributed by atoms with Gasteiger partial charge >= 0.3 is 5.97 Å². The standard InChI is InChI=1S/C13H20O2/c1-2-3-4-13(14)15-9-12-8-10-5-6-11(12)7-10/h5-6,10-12H,2-4,7-9H2,1H3. The van der Waals surface area contributed by atoms with Crippen LogP contribution < -0.4 is 0 Å². The Bertz CT molecular complexity index is 257. The quantitative estimate of drug-likeness (QED) is 0.513. The number of carbonyl (C=O) groups is 1. The van der Waals surface area contributed by atoms with Gasteiger partial charge in [-0.2, -0.15) is 0 Å². The molecule has 2 heteroatoms. The van der Waals surface area contributed by atoms with Gasteiger partial charge in [-0.3, -0.25) is 4.79 Å². The zero-order chi connectivity index (χ0) is 10.7. The Hall–Kier alpha value is -0.790. The number of allylic oxidation sites excluding steroid dienone is 2. The lowest BCUT2D eigenvalue weighted by atomic mass is 9.95. The average Bonchev–Trinajstić information content (AvgIpc) is 2.84. The molecule has 15 heavy (non-hydrogen) atoms. The number of carbonyl (C=O) groups excluding carboxylic acids is 1. The molecule has 1 fully saturated rings. The summed E-state index contributed by atoms with van der Waals surface area (Å²) in [7, 11) is 0. The molecule has 0 spiro atoms. The van der Waals surface area contributed by atoms with Crippen molar-refractivity contribution in [3.05, 3.63) is 12.2 Å². The molecule has 1 saturated carbocycles. The predicted molar refractivity (Wildman–Crippen MR) is 59.3 cm³/mol. The summed E-state index contributed by atoms with van der Waals surface area (Å²) >= 11 is 0. The smallest absolute Gasteiger partial charge is 0.305 e. The van der Waals surface area contributed by atoms with E-state index in [0.29, 0.717) is 24.9 Å². The largest absolute Gasteiger partial charge is 0.465 e. The summed E-state index contributed by atoms with van der Waals surface area (Å²) in [6, 6.07) is 0. The van der Waals surface area contributed by atoms with Crippen LogP contribution in [-0.4, -0.2) is 12.6 Å². The molecule has 0 aromatic carbocycles. The first-order valence-corrected chi connectivity index (χ1v) is 6.13. The van der Waals surface area contributed by atoms with Crippen LogP contribution in [0.1, 0.15) is 39.0 Å². The summed E-state index contributed by atoms with van der Waals surface area (Å²) in [6.07, 6.45) is 9.74. The molecule has 3 unspecified atom stereocenters. The van der Waals surface area contributed by atoms with Crippen molar-refractivity contribution < 1.29 is 9.53 Å². The van der Waals surface area contributed by atoms with Gasteiger partial charge in [0, 0.05) is 6.42 Å². The second-order valence-corrected chi connectivity index (χ2v) is 4.83. The molecule has 0 amide bonds. The SMILES string of the molecule is CCCCC(=O)OCC1CC2C=CC1C2. The number of fused-ring (bicyclic) bond motifs is 2. The van der Waals surface area contributed by atoms with Crippen molar-refractivity contribution in [3.8, 4) is 0 Å². The van der Waals surface area contributed by atoms with Gasteiger partial charge in [-0.15, -0.1) is 0 Å². The Balaban J connectivity index is 1.66. The van der Waals surface area contributed by atoms with Crippen LogP contribution in [0.4, 0.5) is 0 Å². The van der Waals surface area contributed by atoms with Crippen molar-refractivity contribution in [2.45, 2.75) is 39.0 Å². The van der Waals surface area contributed by atoms with Crippen LogP contribution in [0.2, 0.25) is 0 Å². The topological polar surface area (TPSA) is 26.3 Å². The molecule has 0 N–H and O–H groups in total. The molecule has 0 heterocycles. The molecular weight excluding hydrogens is 188 g/mol. The lowest BCUT2D eigenvalue weighted by molar-refractivity contribution is -0.145. The molecular formula is C13H20O2. The summed E-state index contributed by atoms with van der Waals surface area (Å²) in [5, 5.41) is 0. The molecule has 0 aliphatic heterocycles. The van der Waals surface area contributed by atoms with Crippen molar-refractivity contribution >= 4 is 5.97 Å². The lowest BCUT2D eigenvalue weighted by Crippen LogP contribution is -2.17. The summed E-state index contributed by atoms with van der Waals surface area (Å²) < 4.78 is 5.31. The van der Waals surface area contributed by atoms with Gasteiger partial charge in [0.2, 0.25) is 0 Å². The molecule has 2 aliphatic rings. The highest BCUT2D eigenvalue weighted by atomic mass is 16.5. The third kappa shape index (κ3) is 2.61. The van der Waals surface area contributed by atoms with E-state index in [1.807, 2.05) is 0 Å². The highest BCUT2D eigenvalue weighted by molar-refractivity contribution is 5.69. The molecule has 0 saturated heterocycles. The Morgan fingerprint density at radius 1 is 1.40 bits per heavy atom. The summed E-state index contributed by atoms with van der Waals surface area (Å²) in [6.45, 7) is 2.74. The van der Waals surface area contributed by atoms with Gasteiger partial charge in [0.1, 0.15) is 0 Å². The second-order valence-electron chi connectivity index (χ2n) is 4.83. The summed E-state index contributed by atoms with van der Waals surface area (Å²) in [5.41, 5.74) is 0. The van der Waals surface area contributed by atoms with E-state index in [4.69, 9.17) is 4.74 Å². The third-order valence-electron chi connectivity index (χ3n) is 3.61. The number of esters is 1. The maximum Gasteiger partial charge on any atom is 0.305 e. The fourth-order valence-corrected chi connectivity index (χ4v) is 2.68. The van der Waals surface area contributed by atoms with E-state index >= 15 is 0 Å². The first-order valence-electron chi connectivity index (χ1n) is 6.13. The maximum absolute atomic E-state index is 11.3. The average molecular weight is 208 g/mol. The molecule has 84 valence electrons. The van der Waals surface area contributed by atoms with Crippen LogP contribution in [0.15, 0.2) is 12.2 Å². The minimum atomic E-state index is -0.0106. The number of hydrogen-bond donors (Lipinski definition) is 0. The fourth-order valence-electron chi connectivity index (χ4n) is 2.68. The van der Waals surface area contributed by atoms with Gasteiger partial charge in [-0.1, -0.05) is 25.5 Å². The van der Waals surface area contributed by atoms with Gasteiger partial charge < -0.3 is 4.74 Å². The molecule has 0 aromatic heterocycles. The minimum absolute atomic E-state index is 0.0106. The van der Waals surface area contributed by atoms with Crippen molar-refractivity contribution in [3.63, 3.8) is 0 Å². The van der Waals surface area contributed by atoms with Crippen LogP contribution in [0.5, 0.6) is 0 Å². The van der Waals surface area contributed by atoms with Crippen molar-refractivity contribution in [1.82, 2.24) is 0 Å². The number of unbranched alkanes of at least 4 members (excludes halogenated alkanes) is 1.